The van der Waals surface area contributed by atoms with E-state index >= 15 is 0 Å². The van der Waals surface area contributed by atoms with Crippen LogP contribution in [0.25, 0.3) is 0 Å². The van der Waals surface area contributed by atoms with Crippen LogP contribution in [0.5, 0.6) is 5.75 Å². The van der Waals surface area contributed by atoms with E-state index in [4.69, 9.17) is 4.74 Å². The molecule has 0 bridgehead atoms. The Morgan fingerprint density at radius 1 is 1.00 bits per heavy atom. The van der Waals surface area contributed by atoms with E-state index in [-0.39, 0.29) is 10.8 Å². The molecule has 1 aromatic heterocycles. The number of carbonyl (C=O) groups excluding carboxylic acids is 1. The third-order valence-electron chi connectivity index (χ3n) is 4.22. The Morgan fingerprint density at radius 2 is 1.69 bits per heavy atom. The molecule has 8 heteroatoms. The lowest BCUT2D eigenvalue weighted by molar-refractivity contribution is 0.103. The summed E-state index contributed by atoms with van der Waals surface area (Å²) in [5.74, 6) is 0.407. The van der Waals surface area contributed by atoms with Crippen molar-refractivity contribution in [1.82, 2.24) is 0 Å². The summed E-state index contributed by atoms with van der Waals surface area (Å²) in [5, 5.41) is 4.62. The molecule has 2 N–H and O–H groups in total. The van der Waals surface area contributed by atoms with Gasteiger partial charge in [0, 0.05) is 11.4 Å². The van der Waals surface area contributed by atoms with Crippen LogP contribution in [-0.4, -0.2) is 20.9 Å². The van der Waals surface area contributed by atoms with Crippen molar-refractivity contribution in [3.05, 3.63) is 69.9 Å². The standard InChI is InChI=1S/C21H22N2O4S2/c1-4-27-18-9-7-16(8-10-18)23-29(25,26)19-13-17(6-5-14(19)2)22-21(24)20-15(3)11-12-28-20/h5-13,23H,4H2,1-3H3,(H,22,24). The molecule has 1 amide bonds. The highest BCUT2D eigenvalue weighted by molar-refractivity contribution is 7.92. The number of aryl methyl sites for hydroxylation is 2. The smallest absolute Gasteiger partial charge is 0.265 e. The van der Waals surface area contributed by atoms with Crippen molar-refractivity contribution in [3.63, 3.8) is 0 Å². The van der Waals surface area contributed by atoms with Gasteiger partial charge in [0.05, 0.1) is 16.4 Å². The number of ether oxygens (including phenoxy) is 1. The molecule has 6 nitrogen and oxygen atoms in total. The first-order valence-electron chi connectivity index (χ1n) is 9.02. The molecule has 0 spiro atoms. The third-order valence-corrected chi connectivity index (χ3v) is 6.76. The second kappa shape index (κ2) is 8.67. The van der Waals surface area contributed by atoms with E-state index in [2.05, 4.69) is 10.0 Å². The highest BCUT2D eigenvalue weighted by Crippen LogP contribution is 2.25. The Balaban J connectivity index is 1.82. The van der Waals surface area contributed by atoms with Gasteiger partial charge in [-0.2, -0.15) is 0 Å². The van der Waals surface area contributed by atoms with E-state index in [0.29, 0.717) is 34.2 Å². The zero-order chi connectivity index (χ0) is 21.0. The second-order valence-corrected chi connectivity index (χ2v) is 9.00. The molecule has 0 fully saturated rings. The third kappa shape index (κ3) is 4.96. The van der Waals surface area contributed by atoms with Crippen LogP contribution in [0.2, 0.25) is 0 Å². The van der Waals surface area contributed by atoms with E-state index in [9.17, 15) is 13.2 Å². The first kappa shape index (κ1) is 20.9. The number of hydrogen-bond donors (Lipinski definition) is 2. The van der Waals surface area contributed by atoms with Gasteiger partial charge in [0.2, 0.25) is 0 Å². The molecule has 0 aliphatic carbocycles. The minimum Gasteiger partial charge on any atom is -0.494 e. The summed E-state index contributed by atoms with van der Waals surface area (Å²) in [4.78, 5) is 13.1. The molecule has 0 aliphatic rings. The summed E-state index contributed by atoms with van der Waals surface area (Å²) in [6, 6.07) is 13.4. The normalized spacial score (nSPS) is 11.1. The summed E-state index contributed by atoms with van der Waals surface area (Å²) >= 11 is 1.34. The largest absolute Gasteiger partial charge is 0.494 e. The molecule has 3 rings (SSSR count). The Bertz CT molecular complexity index is 1120. The topological polar surface area (TPSA) is 84.5 Å². The van der Waals surface area contributed by atoms with Gasteiger partial charge in [-0.1, -0.05) is 6.07 Å². The summed E-state index contributed by atoms with van der Waals surface area (Å²) in [6.07, 6.45) is 0. The van der Waals surface area contributed by atoms with E-state index < -0.39 is 10.0 Å². The van der Waals surface area contributed by atoms with Gasteiger partial charge in [-0.3, -0.25) is 9.52 Å². The van der Waals surface area contributed by atoms with Gasteiger partial charge in [-0.15, -0.1) is 11.3 Å². The molecule has 0 saturated heterocycles. The number of hydrogen-bond acceptors (Lipinski definition) is 5. The number of amides is 1. The summed E-state index contributed by atoms with van der Waals surface area (Å²) in [6.45, 7) is 5.98. The van der Waals surface area contributed by atoms with Crippen molar-refractivity contribution in [1.29, 1.82) is 0 Å². The molecule has 0 unspecified atom stereocenters. The molecule has 2 aromatic carbocycles. The molecule has 1 heterocycles. The lowest BCUT2D eigenvalue weighted by Gasteiger charge is -2.13. The highest BCUT2D eigenvalue weighted by Gasteiger charge is 2.19. The minimum absolute atomic E-state index is 0.104. The van der Waals surface area contributed by atoms with Crippen LogP contribution >= 0.6 is 11.3 Å². The van der Waals surface area contributed by atoms with E-state index in [1.165, 1.54) is 17.4 Å². The number of benzene rings is 2. The zero-order valence-electron chi connectivity index (χ0n) is 16.4. The first-order chi connectivity index (χ1) is 13.8. The van der Waals surface area contributed by atoms with Gasteiger partial charge >= 0.3 is 0 Å². The van der Waals surface area contributed by atoms with Gasteiger partial charge in [0.25, 0.3) is 15.9 Å². The number of rotatable bonds is 7. The zero-order valence-corrected chi connectivity index (χ0v) is 18.0. The van der Waals surface area contributed by atoms with E-state index in [1.807, 2.05) is 25.3 Å². The minimum atomic E-state index is -3.83. The fourth-order valence-electron chi connectivity index (χ4n) is 2.76. The molecule has 0 saturated carbocycles. The molecule has 29 heavy (non-hydrogen) atoms. The molecule has 3 aromatic rings. The lowest BCUT2D eigenvalue weighted by Crippen LogP contribution is -2.16. The average Bonchev–Trinajstić information content (AvgIpc) is 3.11. The predicted molar refractivity (Wildman–Crippen MR) is 117 cm³/mol. The Kier molecular flexibility index (Phi) is 6.24. The van der Waals surface area contributed by atoms with E-state index in [1.54, 1.807) is 43.3 Å². The van der Waals surface area contributed by atoms with Crippen molar-refractivity contribution in [2.45, 2.75) is 25.7 Å². The Labute approximate surface area is 174 Å². The first-order valence-corrected chi connectivity index (χ1v) is 11.4. The molecule has 0 atom stereocenters. The second-order valence-electron chi connectivity index (χ2n) is 6.43. The maximum Gasteiger partial charge on any atom is 0.265 e. The van der Waals surface area contributed by atoms with Crippen molar-refractivity contribution < 1.29 is 17.9 Å². The summed E-state index contributed by atoms with van der Waals surface area (Å²) in [5.41, 5.74) is 2.30. The van der Waals surface area contributed by atoms with Gasteiger partial charge in [-0.25, -0.2) is 8.42 Å². The van der Waals surface area contributed by atoms with Crippen molar-refractivity contribution in [2.24, 2.45) is 0 Å². The van der Waals surface area contributed by atoms with Gasteiger partial charge in [0.15, 0.2) is 0 Å². The SMILES string of the molecule is CCOc1ccc(NS(=O)(=O)c2cc(NC(=O)c3sccc3C)ccc2C)cc1. The average molecular weight is 431 g/mol. The lowest BCUT2D eigenvalue weighted by atomic mass is 10.2. The van der Waals surface area contributed by atoms with Gasteiger partial charge < -0.3 is 10.1 Å². The fourth-order valence-corrected chi connectivity index (χ4v) is 4.91. The molecule has 0 radical (unpaired) electrons. The van der Waals surface area contributed by atoms with Crippen LogP contribution in [0.1, 0.15) is 27.7 Å². The van der Waals surface area contributed by atoms with Crippen LogP contribution in [0, 0.1) is 13.8 Å². The summed E-state index contributed by atoms with van der Waals surface area (Å²) in [7, 11) is -3.83. The number of nitrogens with one attached hydrogen (secondary N) is 2. The number of sulfonamides is 1. The highest BCUT2D eigenvalue weighted by atomic mass is 32.2. The van der Waals surface area contributed by atoms with Crippen LogP contribution in [0.3, 0.4) is 0 Å². The van der Waals surface area contributed by atoms with Crippen LogP contribution in [0.15, 0.2) is 58.8 Å². The maximum atomic E-state index is 12.9. The van der Waals surface area contributed by atoms with E-state index in [0.717, 1.165) is 5.56 Å². The fraction of sp³-hybridized carbons (Fsp3) is 0.190. The molecular formula is C21H22N2O4S2. The number of carbonyl (C=O) groups is 1. The number of thiophene rings is 1. The summed E-state index contributed by atoms with van der Waals surface area (Å²) < 4.78 is 33.7. The Hall–Kier alpha value is -2.84. The van der Waals surface area contributed by atoms with Crippen LogP contribution in [0.4, 0.5) is 11.4 Å². The molecule has 152 valence electrons. The van der Waals surface area contributed by atoms with Crippen molar-refractivity contribution >= 4 is 38.6 Å². The van der Waals surface area contributed by atoms with Crippen molar-refractivity contribution in [2.75, 3.05) is 16.6 Å². The maximum absolute atomic E-state index is 12.9. The monoisotopic (exact) mass is 430 g/mol. The van der Waals surface area contributed by atoms with Gasteiger partial charge in [-0.05, 0) is 79.7 Å². The van der Waals surface area contributed by atoms with Crippen LogP contribution < -0.4 is 14.8 Å². The van der Waals surface area contributed by atoms with Crippen LogP contribution in [-0.2, 0) is 10.0 Å². The molecule has 0 aliphatic heterocycles. The quantitative estimate of drug-likeness (QED) is 0.563. The molecular weight excluding hydrogens is 408 g/mol. The van der Waals surface area contributed by atoms with Gasteiger partial charge in [0.1, 0.15) is 5.75 Å². The predicted octanol–water partition coefficient (Wildman–Crippen LogP) is 4.82. The van der Waals surface area contributed by atoms with Crippen molar-refractivity contribution in [3.8, 4) is 5.75 Å². The number of anilines is 2. The Morgan fingerprint density at radius 3 is 2.31 bits per heavy atom.